The van der Waals surface area contributed by atoms with Crippen LogP contribution in [-0.2, 0) is 9.53 Å². The van der Waals surface area contributed by atoms with Crippen LogP contribution < -0.4 is 16.0 Å². The maximum atomic E-state index is 13.4. The molecule has 1 heterocycles. The summed E-state index contributed by atoms with van der Waals surface area (Å²) in [5.41, 5.74) is 4.58. The van der Waals surface area contributed by atoms with Gasteiger partial charge in [-0.05, 0) is 0 Å². The molecule has 0 unspecified atom stereocenters. The molecule has 0 spiro atoms. The minimum Gasteiger partial charge on any atom is -0.442 e. The van der Waals surface area contributed by atoms with Gasteiger partial charge in [-0.1, -0.05) is 0 Å². The van der Waals surface area contributed by atoms with Crippen molar-refractivity contribution in [3.8, 4) is 0 Å². The van der Waals surface area contributed by atoms with E-state index in [-0.39, 0.29) is 24.7 Å². The van der Waals surface area contributed by atoms with Gasteiger partial charge in [0, 0.05) is 19.1 Å². The van der Waals surface area contributed by atoms with Crippen LogP contribution in [0.2, 0.25) is 0 Å². The fourth-order valence-corrected chi connectivity index (χ4v) is 1.82. The Morgan fingerprint density at radius 2 is 2.10 bits per heavy atom. The molecule has 20 heavy (non-hydrogen) atoms. The van der Waals surface area contributed by atoms with Crippen molar-refractivity contribution in [1.82, 2.24) is 5.32 Å². The molecule has 2 amide bonds. The SMILES string of the molecule is CC(=O)NC[C@H]1CN(c2cc(F)c(N)c(F)c2)C(=O)O1. The van der Waals surface area contributed by atoms with E-state index in [0.717, 1.165) is 17.0 Å². The van der Waals surface area contributed by atoms with Gasteiger partial charge in [0.25, 0.3) is 0 Å². The molecule has 2 rings (SSSR count). The molecule has 0 aromatic heterocycles. The quantitative estimate of drug-likeness (QED) is 0.812. The number of rotatable bonds is 3. The van der Waals surface area contributed by atoms with Crippen LogP contribution in [0.25, 0.3) is 0 Å². The number of nitrogen functional groups attached to an aromatic ring is 1. The van der Waals surface area contributed by atoms with Crippen molar-refractivity contribution in [2.75, 3.05) is 23.7 Å². The molecular formula is C12H13F2N3O3. The molecule has 0 aliphatic carbocycles. The number of cyclic esters (lactones) is 1. The van der Waals surface area contributed by atoms with E-state index in [0.29, 0.717) is 0 Å². The predicted molar refractivity (Wildman–Crippen MR) is 67.1 cm³/mol. The van der Waals surface area contributed by atoms with Gasteiger partial charge in [-0.15, -0.1) is 0 Å². The summed E-state index contributed by atoms with van der Waals surface area (Å²) in [6.45, 7) is 1.55. The van der Waals surface area contributed by atoms with E-state index >= 15 is 0 Å². The number of hydrogen-bond donors (Lipinski definition) is 2. The molecular weight excluding hydrogens is 272 g/mol. The van der Waals surface area contributed by atoms with Crippen LogP contribution in [-0.4, -0.2) is 31.2 Å². The molecule has 1 atom stereocenters. The minimum atomic E-state index is -0.946. The van der Waals surface area contributed by atoms with Crippen molar-refractivity contribution in [1.29, 1.82) is 0 Å². The highest BCUT2D eigenvalue weighted by Gasteiger charge is 2.33. The Hall–Kier alpha value is -2.38. The molecule has 1 aliphatic rings. The fraction of sp³-hybridized carbons (Fsp3) is 0.333. The van der Waals surface area contributed by atoms with Gasteiger partial charge in [-0.2, -0.15) is 0 Å². The van der Waals surface area contributed by atoms with Gasteiger partial charge in [0.05, 0.1) is 18.8 Å². The number of halogens is 2. The highest BCUT2D eigenvalue weighted by Crippen LogP contribution is 2.26. The van der Waals surface area contributed by atoms with E-state index in [1.54, 1.807) is 0 Å². The number of anilines is 2. The van der Waals surface area contributed by atoms with Crippen LogP contribution in [0, 0.1) is 11.6 Å². The summed E-state index contributed by atoms with van der Waals surface area (Å²) in [5, 5.41) is 2.50. The van der Waals surface area contributed by atoms with E-state index < -0.39 is 29.5 Å². The highest BCUT2D eigenvalue weighted by atomic mass is 19.1. The topological polar surface area (TPSA) is 84.7 Å². The molecule has 108 valence electrons. The van der Waals surface area contributed by atoms with Gasteiger partial charge < -0.3 is 15.8 Å². The highest BCUT2D eigenvalue weighted by molar-refractivity contribution is 5.90. The molecule has 6 nitrogen and oxygen atoms in total. The van der Waals surface area contributed by atoms with Crippen LogP contribution in [0.3, 0.4) is 0 Å². The number of amides is 2. The van der Waals surface area contributed by atoms with Crippen molar-refractivity contribution >= 4 is 23.4 Å². The van der Waals surface area contributed by atoms with E-state index in [4.69, 9.17) is 10.5 Å². The molecule has 8 heteroatoms. The number of carbonyl (C=O) groups excluding carboxylic acids is 2. The van der Waals surface area contributed by atoms with Crippen molar-refractivity contribution < 1.29 is 23.1 Å². The Kier molecular flexibility index (Phi) is 3.73. The second-order valence-electron chi connectivity index (χ2n) is 4.38. The fourth-order valence-electron chi connectivity index (χ4n) is 1.82. The summed E-state index contributed by atoms with van der Waals surface area (Å²) in [6.07, 6.45) is -1.31. The second-order valence-corrected chi connectivity index (χ2v) is 4.38. The van der Waals surface area contributed by atoms with Crippen molar-refractivity contribution in [3.63, 3.8) is 0 Å². The number of nitrogens with two attached hydrogens (primary N) is 1. The summed E-state index contributed by atoms with van der Waals surface area (Å²) in [6, 6.07) is 1.92. The van der Waals surface area contributed by atoms with Crippen LogP contribution in [0.5, 0.6) is 0 Å². The zero-order valence-corrected chi connectivity index (χ0v) is 10.7. The zero-order valence-electron chi connectivity index (χ0n) is 10.7. The van der Waals surface area contributed by atoms with E-state index in [2.05, 4.69) is 5.32 Å². The van der Waals surface area contributed by atoms with Crippen molar-refractivity contribution in [3.05, 3.63) is 23.8 Å². The summed E-state index contributed by atoms with van der Waals surface area (Å²) in [5.74, 6) is -2.15. The Morgan fingerprint density at radius 1 is 1.50 bits per heavy atom. The predicted octanol–water partition coefficient (Wildman–Crippen LogP) is 1.01. The number of carbonyl (C=O) groups is 2. The van der Waals surface area contributed by atoms with E-state index in [1.807, 2.05) is 0 Å². The Labute approximate surface area is 113 Å². The Bertz CT molecular complexity index is 542. The van der Waals surface area contributed by atoms with Crippen LogP contribution in [0.4, 0.5) is 25.0 Å². The van der Waals surface area contributed by atoms with Gasteiger partial charge in [0.2, 0.25) is 5.91 Å². The first kappa shape index (κ1) is 14.0. The molecule has 1 saturated heterocycles. The minimum absolute atomic E-state index is 0.0181. The first-order chi connectivity index (χ1) is 9.38. The Morgan fingerprint density at radius 3 is 2.65 bits per heavy atom. The standard InChI is InChI=1S/C12H13F2N3O3/c1-6(18)16-4-8-5-17(12(19)20-8)7-2-9(13)11(15)10(14)3-7/h2-3,8H,4-5,15H2,1H3,(H,16,18)/t8-/m0/s1. The first-order valence-corrected chi connectivity index (χ1v) is 5.85. The second kappa shape index (κ2) is 5.32. The van der Waals surface area contributed by atoms with E-state index in [9.17, 15) is 18.4 Å². The van der Waals surface area contributed by atoms with Crippen LogP contribution in [0.1, 0.15) is 6.92 Å². The average Bonchev–Trinajstić information content (AvgIpc) is 2.74. The molecule has 1 aliphatic heterocycles. The third-order valence-corrected chi connectivity index (χ3v) is 2.83. The molecule has 1 aromatic rings. The van der Waals surface area contributed by atoms with Gasteiger partial charge in [0.15, 0.2) is 11.6 Å². The number of benzene rings is 1. The lowest BCUT2D eigenvalue weighted by atomic mass is 10.2. The maximum Gasteiger partial charge on any atom is 0.414 e. The number of ether oxygens (including phenoxy) is 1. The molecule has 3 N–H and O–H groups in total. The van der Waals surface area contributed by atoms with Crippen molar-refractivity contribution in [2.24, 2.45) is 0 Å². The van der Waals surface area contributed by atoms with Crippen molar-refractivity contribution in [2.45, 2.75) is 13.0 Å². The number of hydrogen-bond acceptors (Lipinski definition) is 4. The maximum absolute atomic E-state index is 13.4. The van der Waals surface area contributed by atoms with Gasteiger partial charge in [-0.3, -0.25) is 9.69 Å². The zero-order chi connectivity index (χ0) is 14.9. The molecule has 1 aromatic carbocycles. The molecule has 0 saturated carbocycles. The number of nitrogens with zero attached hydrogens (tertiary/aromatic N) is 1. The normalized spacial score (nSPS) is 18.1. The smallest absolute Gasteiger partial charge is 0.414 e. The van der Waals surface area contributed by atoms with Gasteiger partial charge in [0.1, 0.15) is 11.8 Å². The third kappa shape index (κ3) is 2.79. The van der Waals surface area contributed by atoms with Gasteiger partial charge >= 0.3 is 6.09 Å². The number of nitrogens with one attached hydrogen (secondary N) is 1. The molecule has 1 fully saturated rings. The summed E-state index contributed by atoms with van der Waals surface area (Å²) in [7, 11) is 0. The molecule has 0 bridgehead atoms. The van der Waals surface area contributed by atoms with E-state index in [1.165, 1.54) is 6.92 Å². The lowest BCUT2D eigenvalue weighted by Crippen LogP contribution is -2.33. The lowest BCUT2D eigenvalue weighted by molar-refractivity contribution is -0.119. The average molecular weight is 285 g/mol. The summed E-state index contributed by atoms with van der Waals surface area (Å²) < 4.78 is 31.7. The Balaban J connectivity index is 2.14. The van der Waals surface area contributed by atoms with Gasteiger partial charge in [-0.25, -0.2) is 13.6 Å². The van der Waals surface area contributed by atoms with Crippen LogP contribution >= 0.6 is 0 Å². The van der Waals surface area contributed by atoms with Crippen LogP contribution in [0.15, 0.2) is 12.1 Å². The molecule has 0 radical (unpaired) electrons. The first-order valence-electron chi connectivity index (χ1n) is 5.85. The summed E-state index contributed by atoms with van der Waals surface area (Å²) in [4.78, 5) is 23.5. The third-order valence-electron chi connectivity index (χ3n) is 2.83. The lowest BCUT2D eigenvalue weighted by Gasteiger charge is -2.14. The largest absolute Gasteiger partial charge is 0.442 e. The summed E-state index contributed by atoms with van der Waals surface area (Å²) >= 11 is 0. The monoisotopic (exact) mass is 285 g/mol.